The maximum absolute atomic E-state index is 12.0. The van der Waals surface area contributed by atoms with Gasteiger partial charge in [0.1, 0.15) is 5.60 Å². The molecule has 0 saturated heterocycles. The fourth-order valence-electron chi connectivity index (χ4n) is 2.33. The molecule has 0 saturated carbocycles. The Morgan fingerprint density at radius 3 is 2.54 bits per heavy atom. The Bertz CT molecular complexity index is 691. The third kappa shape index (κ3) is 6.48. The summed E-state index contributed by atoms with van der Waals surface area (Å²) in [6.45, 7) is 10.9. The van der Waals surface area contributed by atoms with Crippen molar-refractivity contribution in [3.63, 3.8) is 0 Å². The first-order valence-corrected chi connectivity index (χ1v) is 8.91. The quantitative estimate of drug-likeness (QED) is 0.794. The largest absolute Gasteiger partial charge is 0.444 e. The predicted molar refractivity (Wildman–Crippen MR) is 101 cm³/mol. The van der Waals surface area contributed by atoms with Crippen LogP contribution in [0.2, 0.25) is 0 Å². The Hall–Kier alpha value is -2.41. The average Bonchev–Trinajstić information content (AvgIpc) is 3.02. The van der Waals surface area contributed by atoms with E-state index in [1.165, 1.54) is 0 Å². The van der Waals surface area contributed by atoms with Crippen LogP contribution < -0.4 is 10.6 Å². The highest BCUT2D eigenvalue weighted by Crippen LogP contribution is 2.09. The van der Waals surface area contributed by atoms with Gasteiger partial charge in [0, 0.05) is 19.1 Å². The summed E-state index contributed by atoms with van der Waals surface area (Å²) in [6, 6.07) is 9.74. The zero-order valence-corrected chi connectivity index (χ0v) is 16.2. The van der Waals surface area contributed by atoms with Crippen LogP contribution in [0, 0.1) is 5.92 Å². The third-order valence-corrected chi connectivity index (χ3v) is 3.70. The van der Waals surface area contributed by atoms with Crippen LogP contribution in [0.15, 0.2) is 36.5 Å². The number of benzene rings is 1. The summed E-state index contributed by atoms with van der Waals surface area (Å²) in [6.07, 6.45) is 1.35. The van der Waals surface area contributed by atoms with Gasteiger partial charge in [-0.1, -0.05) is 32.0 Å². The number of nitrogens with zero attached hydrogens (tertiary/aromatic N) is 3. The number of ether oxygens (including phenoxy) is 1. The maximum Gasteiger partial charge on any atom is 0.407 e. The summed E-state index contributed by atoms with van der Waals surface area (Å²) in [5, 5.41) is 15.0. The molecule has 1 heterocycles. The number of hydrogen-bond donors (Lipinski definition) is 2. The Morgan fingerprint density at radius 2 is 1.92 bits per heavy atom. The van der Waals surface area contributed by atoms with E-state index in [1.54, 1.807) is 11.0 Å². The van der Waals surface area contributed by atoms with Crippen LogP contribution in [0.3, 0.4) is 0 Å². The van der Waals surface area contributed by atoms with Crippen LogP contribution in [-0.4, -0.2) is 39.3 Å². The molecule has 1 atom stereocenters. The van der Waals surface area contributed by atoms with Crippen molar-refractivity contribution in [2.45, 2.75) is 52.8 Å². The highest BCUT2D eigenvalue weighted by molar-refractivity contribution is 5.68. The summed E-state index contributed by atoms with van der Waals surface area (Å²) < 4.78 is 5.33. The van der Waals surface area contributed by atoms with Gasteiger partial charge >= 0.3 is 6.09 Å². The minimum absolute atomic E-state index is 0.0333. The van der Waals surface area contributed by atoms with E-state index in [9.17, 15) is 4.79 Å². The molecule has 1 amide bonds. The van der Waals surface area contributed by atoms with Gasteiger partial charge in [-0.3, -0.25) is 0 Å². The molecule has 0 aliphatic heterocycles. The minimum atomic E-state index is -0.505. The van der Waals surface area contributed by atoms with Crippen LogP contribution >= 0.6 is 0 Å². The van der Waals surface area contributed by atoms with Gasteiger partial charge in [0.2, 0.25) is 0 Å². The Labute approximate surface area is 155 Å². The number of carbonyl (C=O) groups is 1. The molecule has 2 rings (SSSR count). The van der Waals surface area contributed by atoms with Crippen molar-refractivity contribution in [3.05, 3.63) is 42.2 Å². The number of aromatic nitrogens is 3. The van der Waals surface area contributed by atoms with Crippen molar-refractivity contribution in [2.24, 2.45) is 5.92 Å². The molecule has 142 valence electrons. The zero-order valence-electron chi connectivity index (χ0n) is 16.2. The molecule has 7 nitrogen and oxygen atoms in total. The molecule has 0 radical (unpaired) electrons. The van der Waals surface area contributed by atoms with E-state index in [-0.39, 0.29) is 12.0 Å². The van der Waals surface area contributed by atoms with Gasteiger partial charge in [-0.05, 0) is 38.8 Å². The monoisotopic (exact) mass is 359 g/mol. The van der Waals surface area contributed by atoms with Crippen LogP contribution in [0.5, 0.6) is 0 Å². The lowest BCUT2D eigenvalue weighted by molar-refractivity contribution is 0.0490. The lowest BCUT2D eigenvalue weighted by Crippen LogP contribution is -2.47. The van der Waals surface area contributed by atoms with Crippen LogP contribution in [0.4, 0.5) is 4.79 Å². The number of para-hydroxylation sites is 1. The van der Waals surface area contributed by atoms with Gasteiger partial charge in [0.15, 0.2) is 0 Å². The zero-order chi connectivity index (χ0) is 19.2. The molecule has 0 fully saturated rings. The highest BCUT2D eigenvalue weighted by atomic mass is 16.6. The molecule has 0 bridgehead atoms. The molecular weight excluding hydrogens is 330 g/mol. The van der Waals surface area contributed by atoms with Crippen molar-refractivity contribution >= 4 is 6.09 Å². The third-order valence-electron chi connectivity index (χ3n) is 3.70. The Morgan fingerprint density at radius 1 is 1.23 bits per heavy atom. The highest BCUT2D eigenvalue weighted by Gasteiger charge is 2.21. The standard InChI is InChI=1S/C19H29N5O2/c1-14(2)17(22-18(25)26-19(3,4)5)13-20-11-15-12-21-24(23-15)16-9-7-6-8-10-16/h6-10,12,14,17,20H,11,13H2,1-5H3,(H,22,25)/t17-/m1/s1. The minimum Gasteiger partial charge on any atom is -0.444 e. The van der Waals surface area contributed by atoms with E-state index in [4.69, 9.17) is 4.74 Å². The number of nitrogens with one attached hydrogen (secondary N) is 2. The summed E-state index contributed by atoms with van der Waals surface area (Å²) in [7, 11) is 0. The van der Waals surface area contributed by atoms with Crippen molar-refractivity contribution in [1.82, 2.24) is 25.6 Å². The fourth-order valence-corrected chi connectivity index (χ4v) is 2.33. The van der Waals surface area contributed by atoms with E-state index in [2.05, 4.69) is 34.7 Å². The van der Waals surface area contributed by atoms with E-state index >= 15 is 0 Å². The maximum atomic E-state index is 12.0. The van der Waals surface area contributed by atoms with E-state index < -0.39 is 11.7 Å². The SMILES string of the molecule is CC(C)[C@@H](CNCc1cnn(-c2ccccc2)n1)NC(=O)OC(C)(C)C. The predicted octanol–water partition coefficient (Wildman–Crippen LogP) is 2.91. The van der Waals surface area contributed by atoms with Gasteiger partial charge in [0.25, 0.3) is 0 Å². The van der Waals surface area contributed by atoms with Gasteiger partial charge in [-0.15, -0.1) is 0 Å². The average molecular weight is 359 g/mol. The molecule has 2 aromatic rings. The first-order valence-electron chi connectivity index (χ1n) is 8.91. The molecule has 7 heteroatoms. The molecule has 1 aromatic carbocycles. The lowest BCUT2D eigenvalue weighted by Gasteiger charge is -2.26. The normalized spacial score (nSPS) is 12.8. The van der Waals surface area contributed by atoms with E-state index in [1.807, 2.05) is 51.1 Å². The Balaban J connectivity index is 1.84. The second-order valence-electron chi connectivity index (χ2n) is 7.59. The van der Waals surface area contributed by atoms with Gasteiger partial charge in [0.05, 0.1) is 17.6 Å². The number of amides is 1. The molecular formula is C19H29N5O2. The van der Waals surface area contributed by atoms with Crippen molar-refractivity contribution < 1.29 is 9.53 Å². The first kappa shape index (κ1) is 19.9. The van der Waals surface area contributed by atoms with E-state index in [0.717, 1.165) is 11.4 Å². The lowest BCUT2D eigenvalue weighted by atomic mass is 10.0. The summed E-state index contributed by atoms with van der Waals surface area (Å²) >= 11 is 0. The second-order valence-corrected chi connectivity index (χ2v) is 7.59. The van der Waals surface area contributed by atoms with Crippen molar-refractivity contribution in [2.75, 3.05) is 6.54 Å². The van der Waals surface area contributed by atoms with Crippen LogP contribution in [0.1, 0.15) is 40.3 Å². The number of alkyl carbamates (subject to hydrolysis) is 1. The van der Waals surface area contributed by atoms with Crippen molar-refractivity contribution in [1.29, 1.82) is 0 Å². The van der Waals surface area contributed by atoms with Crippen LogP contribution in [-0.2, 0) is 11.3 Å². The molecule has 0 unspecified atom stereocenters. The molecule has 0 aliphatic rings. The van der Waals surface area contributed by atoms with E-state index in [0.29, 0.717) is 13.1 Å². The topological polar surface area (TPSA) is 81.1 Å². The fraction of sp³-hybridized carbons (Fsp3) is 0.526. The number of hydrogen-bond acceptors (Lipinski definition) is 5. The molecule has 2 N–H and O–H groups in total. The second kappa shape index (κ2) is 8.80. The molecule has 1 aromatic heterocycles. The van der Waals surface area contributed by atoms with Gasteiger partial charge < -0.3 is 15.4 Å². The van der Waals surface area contributed by atoms with Gasteiger partial charge in [-0.2, -0.15) is 15.0 Å². The smallest absolute Gasteiger partial charge is 0.407 e. The van der Waals surface area contributed by atoms with Gasteiger partial charge in [-0.25, -0.2) is 4.79 Å². The number of carbonyl (C=O) groups excluding carboxylic acids is 1. The molecule has 0 aliphatic carbocycles. The Kier molecular flexibility index (Phi) is 6.74. The summed E-state index contributed by atoms with van der Waals surface area (Å²) in [5.74, 6) is 0.273. The first-order chi connectivity index (χ1) is 12.2. The van der Waals surface area contributed by atoms with Crippen molar-refractivity contribution in [3.8, 4) is 5.69 Å². The van der Waals surface area contributed by atoms with Crippen LogP contribution in [0.25, 0.3) is 5.69 Å². The molecule has 0 spiro atoms. The number of rotatable bonds is 7. The molecule has 26 heavy (non-hydrogen) atoms. The summed E-state index contributed by atoms with van der Waals surface area (Å²) in [5.41, 5.74) is 1.26. The summed E-state index contributed by atoms with van der Waals surface area (Å²) in [4.78, 5) is 13.6.